The summed E-state index contributed by atoms with van der Waals surface area (Å²) in [7, 11) is 3.77. The standard InChI is InChI=1S/C33H41F5N8O/c1-6-39-27-11-22(31(17-32(34,35)18-31)13-29-42-40-19-44(29)5)12-28(41-27)46-15-24-23(30(46)47)9-21(10-25(24)33(36,37)38)14-45-8-7-43(4)16-26(45)20(2)3/h9-12,19-20,26H,6-8,13-18H2,1-5H3,(H,39,41). The van der Waals surface area contributed by atoms with Crippen molar-refractivity contribution >= 4 is 17.5 Å². The van der Waals surface area contributed by atoms with Gasteiger partial charge < -0.3 is 14.8 Å². The fourth-order valence-corrected chi connectivity index (χ4v) is 7.42. The van der Waals surface area contributed by atoms with E-state index in [4.69, 9.17) is 0 Å². The number of halogens is 5. The van der Waals surface area contributed by atoms with Crippen LogP contribution in [0.4, 0.5) is 33.6 Å². The topological polar surface area (TPSA) is 82.4 Å². The SMILES string of the molecule is CCNc1cc(C2(Cc3nncn3C)CC(F)(F)C2)cc(N2Cc3c(cc(CN4CCN(C)CC4C(C)C)cc3C(F)(F)F)C2=O)n1. The first-order valence-electron chi connectivity index (χ1n) is 16.0. The fraction of sp³-hybridized carbons (Fsp3) is 0.576. The maximum Gasteiger partial charge on any atom is 0.416 e. The Balaban J connectivity index is 1.37. The van der Waals surface area contributed by atoms with Gasteiger partial charge in [-0.15, -0.1) is 10.2 Å². The van der Waals surface area contributed by atoms with Gasteiger partial charge in [-0.2, -0.15) is 13.2 Å². The molecule has 3 aliphatic rings. The number of nitrogens with zero attached hydrogens (tertiary/aromatic N) is 7. The first-order valence-corrected chi connectivity index (χ1v) is 16.0. The number of aryl methyl sites for hydroxylation is 1. The van der Waals surface area contributed by atoms with E-state index in [9.17, 15) is 26.7 Å². The maximum absolute atomic E-state index is 14.6. The van der Waals surface area contributed by atoms with Crippen LogP contribution in [-0.4, -0.2) is 80.6 Å². The number of carbonyl (C=O) groups is 1. The van der Waals surface area contributed by atoms with Crippen molar-refractivity contribution in [2.45, 2.75) is 76.7 Å². The zero-order valence-corrected chi connectivity index (χ0v) is 27.3. The summed E-state index contributed by atoms with van der Waals surface area (Å²) in [4.78, 5) is 24.2. The van der Waals surface area contributed by atoms with Crippen molar-refractivity contribution in [1.82, 2.24) is 29.5 Å². The summed E-state index contributed by atoms with van der Waals surface area (Å²) < 4.78 is 74.5. The normalized spacial score (nSPS) is 21.3. The molecule has 14 heteroatoms. The van der Waals surface area contributed by atoms with E-state index in [0.29, 0.717) is 41.8 Å². The fourth-order valence-electron chi connectivity index (χ4n) is 7.42. The number of nitrogens with one attached hydrogen (secondary N) is 1. The molecule has 1 N–H and O–H groups in total. The van der Waals surface area contributed by atoms with Crippen molar-refractivity contribution < 1.29 is 26.7 Å². The van der Waals surface area contributed by atoms with Crippen LogP contribution in [-0.2, 0) is 38.1 Å². The monoisotopic (exact) mass is 660 g/mol. The minimum Gasteiger partial charge on any atom is -0.370 e. The molecule has 1 amide bonds. The molecular weight excluding hydrogens is 619 g/mol. The summed E-state index contributed by atoms with van der Waals surface area (Å²) >= 11 is 0. The van der Waals surface area contributed by atoms with Gasteiger partial charge in [0.15, 0.2) is 0 Å². The number of hydrogen-bond acceptors (Lipinski definition) is 7. The average Bonchev–Trinajstić information content (AvgIpc) is 3.53. The summed E-state index contributed by atoms with van der Waals surface area (Å²) in [6.45, 7) is 8.78. The number of benzene rings is 1. The van der Waals surface area contributed by atoms with E-state index in [1.807, 2.05) is 14.0 Å². The molecule has 1 saturated heterocycles. The number of carbonyl (C=O) groups excluding carboxylic acids is 1. The molecule has 1 unspecified atom stereocenters. The van der Waals surface area contributed by atoms with Gasteiger partial charge in [-0.1, -0.05) is 13.8 Å². The number of pyridine rings is 1. The largest absolute Gasteiger partial charge is 0.416 e. The van der Waals surface area contributed by atoms with Crippen LogP contribution < -0.4 is 10.2 Å². The molecule has 1 aromatic carbocycles. The molecule has 1 saturated carbocycles. The van der Waals surface area contributed by atoms with E-state index in [1.165, 1.54) is 17.3 Å². The highest BCUT2D eigenvalue weighted by Gasteiger charge is 2.58. The number of fused-ring (bicyclic) bond motifs is 1. The van der Waals surface area contributed by atoms with Crippen molar-refractivity contribution in [3.8, 4) is 0 Å². The molecule has 4 heterocycles. The Hall–Kier alpha value is -3.65. The molecule has 3 aromatic rings. The van der Waals surface area contributed by atoms with E-state index in [1.54, 1.807) is 29.8 Å². The van der Waals surface area contributed by atoms with Gasteiger partial charge in [0, 0.05) is 76.1 Å². The predicted molar refractivity (Wildman–Crippen MR) is 167 cm³/mol. The highest BCUT2D eigenvalue weighted by atomic mass is 19.4. The molecule has 0 radical (unpaired) electrons. The van der Waals surface area contributed by atoms with Crippen LogP contribution in [0.2, 0.25) is 0 Å². The third-order valence-electron chi connectivity index (χ3n) is 9.85. The third-order valence-corrected chi connectivity index (χ3v) is 9.85. The van der Waals surface area contributed by atoms with Gasteiger partial charge in [-0.05, 0) is 60.8 Å². The lowest BCUT2D eigenvalue weighted by atomic mass is 9.60. The second-order valence-electron chi connectivity index (χ2n) is 13.8. The minimum absolute atomic E-state index is 0.00812. The lowest BCUT2D eigenvalue weighted by Gasteiger charge is -2.48. The van der Waals surface area contributed by atoms with Crippen molar-refractivity contribution in [2.24, 2.45) is 13.0 Å². The van der Waals surface area contributed by atoms with E-state index < -0.39 is 41.8 Å². The van der Waals surface area contributed by atoms with Gasteiger partial charge in [-0.25, -0.2) is 13.8 Å². The van der Waals surface area contributed by atoms with Crippen LogP contribution in [0, 0.1) is 5.92 Å². The molecule has 2 aliphatic heterocycles. The summed E-state index contributed by atoms with van der Waals surface area (Å²) in [5.74, 6) is -2.21. The smallest absolute Gasteiger partial charge is 0.370 e. The Kier molecular flexibility index (Phi) is 8.56. The van der Waals surface area contributed by atoms with Gasteiger partial charge in [0.2, 0.25) is 5.92 Å². The Morgan fingerprint density at radius 3 is 2.45 bits per heavy atom. The van der Waals surface area contributed by atoms with Gasteiger partial charge in [0.25, 0.3) is 5.91 Å². The van der Waals surface area contributed by atoms with Crippen molar-refractivity contribution in [1.29, 1.82) is 0 Å². The number of hydrogen-bond donors (Lipinski definition) is 1. The highest BCUT2D eigenvalue weighted by molar-refractivity contribution is 6.10. The number of alkyl halides is 5. The molecule has 2 fully saturated rings. The molecule has 47 heavy (non-hydrogen) atoms. The molecule has 1 aliphatic carbocycles. The van der Waals surface area contributed by atoms with Crippen LogP contribution in [0.25, 0.3) is 0 Å². The second-order valence-corrected chi connectivity index (χ2v) is 13.8. The number of piperazine rings is 1. The van der Waals surface area contributed by atoms with E-state index in [-0.39, 0.29) is 42.5 Å². The van der Waals surface area contributed by atoms with E-state index >= 15 is 0 Å². The molecule has 2 aromatic heterocycles. The third kappa shape index (κ3) is 6.46. The zero-order chi connectivity index (χ0) is 33.9. The van der Waals surface area contributed by atoms with E-state index in [2.05, 4.69) is 44.1 Å². The Morgan fingerprint density at radius 2 is 1.83 bits per heavy atom. The Bertz CT molecular complexity index is 1650. The second kappa shape index (κ2) is 12.1. The average molecular weight is 661 g/mol. The molecule has 0 bridgehead atoms. The van der Waals surface area contributed by atoms with Crippen molar-refractivity contribution in [3.63, 3.8) is 0 Å². The molecule has 1 atom stereocenters. The molecule has 0 spiro atoms. The Labute approximate surface area is 271 Å². The Morgan fingerprint density at radius 1 is 1.09 bits per heavy atom. The first kappa shape index (κ1) is 33.3. The maximum atomic E-state index is 14.6. The van der Waals surface area contributed by atoms with Crippen LogP contribution in [0.1, 0.15) is 72.0 Å². The van der Waals surface area contributed by atoms with Crippen LogP contribution >= 0.6 is 0 Å². The number of anilines is 2. The zero-order valence-electron chi connectivity index (χ0n) is 27.3. The molecule has 254 valence electrons. The highest BCUT2D eigenvalue weighted by Crippen LogP contribution is 2.55. The molecule has 9 nitrogen and oxygen atoms in total. The summed E-state index contributed by atoms with van der Waals surface area (Å²) in [6.07, 6.45) is -3.89. The van der Waals surface area contributed by atoms with Crippen LogP contribution in [0.15, 0.2) is 30.6 Å². The lowest BCUT2D eigenvalue weighted by Crippen LogP contribution is -2.53. The van der Waals surface area contributed by atoms with Gasteiger partial charge in [-0.3, -0.25) is 14.6 Å². The number of rotatable bonds is 9. The van der Waals surface area contributed by atoms with Crippen molar-refractivity contribution in [2.75, 3.05) is 43.4 Å². The van der Waals surface area contributed by atoms with Crippen LogP contribution in [0.3, 0.4) is 0 Å². The van der Waals surface area contributed by atoms with Crippen LogP contribution in [0.5, 0.6) is 0 Å². The number of likely N-dealkylation sites (N-methyl/N-ethyl adjacent to an activating group) is 1. The lowest BCUT2D eigenvalue weighted by molar-refractivity contribution is -0.138. The van der Waals surface area contributed by atoms with E-state index in [0.717, 1.165) is 13.1 Å². The number of aromatic nitrogens is 4. The predicted octanol–water partition coefficient (Wildman–Crippen LogP) is 5.50. The molecule has 6 rings (SSSR count). The molecular formula is C33H41F5N8O. The van der Waals surface area contributed by atoms with Gasteiger partial charge in [0.05, 0.1) is 12.1 Å². The summed E-state index contributed by atoms with van der Waals surface area (Å²) in [5.41, 5.74) is -1.03. The minimum atomic E-state index is -4.68. The quantitative estimate of drug-likeness (QED) is 0.304. The van der Waals surface area contributed by atoms with Crippen molar-refractivity contribution in [3.05, 3.63) is 64.2 Å². The first-order chi connectivity index (χ1) is 22.1. The van der Waals surface area contributed by atoms with Gasteiger partial charge >= 0.3 is 6.18 Å². The summed E-state index contributed by atoms with van der Waals surface area (Å²) in [5, 5.41) is 11.1. The summed E-state index contributed by atoms with van der Waals surface area (Å²) in [6, 6.07) is 6.17. The van der Waals surface area contributed by atoms with Gasteiger partial charge in [0.1, 0.15) is 23.8 Å². The number of amides is 1.